The Morgan fingerprint density at radius 2 is 2.47 bits per heavy atom. The van der Waals surface area contributed by atoms with E-state index < -0.39 is 0 Å². The summed E-state index contributed by atoms with van der Waals surface area (Å²) in [7, 11) is 0. The van der Waals surface area contributed by atoms with Crippen molar-refractivity contribution in [2.75, 3.05) is 18.5 Å². The predicted molar refractivity (Wildman–Crippen MR) is 63.6 cm³/mol. The molecular weight excluding hydrogens is 216 g/mol. The average molecular weight is 232 g/mol. The third kappa shape index (κ3) is 3.40. The van der Waals surface area contributed by atoms with Gasteiger partial charge < -0.3 is 10.1 Å². The van der Waals surface area contributed by atoms with Crippen LogP contribution in [-0.4, -0.2) is 29.2 Å². The smallest absolute Gasteiger partial charge is 0.224 e. The number of ether oxygens (including phenoxy) is 1. The summed E-state index contributed by atoms with van der Waals surface area (Å²) in [6, 6.07) is 3.70. The first-order valence-corrected chi connectivity index (χ1v) is 5.89. The van der Waals surface area contributed by atoms with Crippen molar-refractivity contribution in [1.82, 2.24) is 9.97 Å². The van der Waals surface area contributed by atoms with Crippen LogP contribution in [0.25, 0.3) is 0 Å². The second-order valence-corrected chi connectivity index (χ2v) is 4.18. The molecule has 5 heteroatoms. The Bertz CT molecular complexity index is 421. The molecule has 0 amide bonds. The highest BCUT2D eigenvalue weighted by Crippen LogP contribution is 2.15. The minimum absolute atomic E-state index is 0.364. The molecule has 1 aliphatic heterocycles. The molecule has 1 N–H and O–H groups in total. The maximum Gasteiger partial charge on any atom is 0.224 e. The summed E-state index contributed by atoms with van der Waals surface area (Å²) >= 11 is 0. The number of nitrogens with one attached hydrogen (secondary N) is 1. The third-order valence-electron chi connectivity index (χ3n) is 2.74. The van der Waals surface area contributed by atoms with Gasteiger partial charge in [-0.15, -0.1) is 0 Å². The van der Waals surface area contributed by atoms with Crippen LogP contribution >= 0.6 is 0 Å². The number of aromatic nitrogens is 2. The molecular formula is C12H16N4O. The van der Waals surface area contributed by atoms with E-state index >= 15 is 0 Å². The van der Waals surface area contributed by atoms with E-state index in [1.54, 1.807) is 6.07 Å². The van der Waals surface area contributed by atoms with Gasteiger partial charge in [0.2, 0.25) is 5.95 Å². The lowest BCUT2D eigenvalue weighted by atomic mass is 10.2. The van der Waals surface area contributed by atoms with Crippen molar-refractivity contribution in [1.29, 1.82) is 5.26 Å². The molecule has 1 aliphatic rings. The zero-order valence-electron chi connectivity index (χ0n) is 9.94. The second kappa shape index (κ2) is 5.60. The van der Waals surface area contributed by atoms with E-state index in [-0.39, 0.29) is 0 Å². The van der Waals surface area contributed by atoms with Crippen LogP contribution in [0.3, 0.4) is 0 Å². The van der Waals surface area contributed by atoms with Gasteiger partial charge in [0.1, 0.15) is 11.8 Å². The van der Waals surface area contributed by atoms with E-state index in [0.29, 0.717) is 17.7 Å². The van der Waals surface area contributed by atoms with Crippen LogP contribution in [0, 0.1) is 18.3 Å². The van der Waals surface area contributed by atoms with Gasteiger partial charge in [-0.05, 0) is 32.3 Å². The molecule has 5 nitrogen and oxygen atoms in total. The van der Waals surface area contributed by atoms with Crippen LogP contribution in [0.5, 0.6) is 0 Å². The Kier molecular flexibility index (Phi) is 3.89. The van der Waals surface area contributed by atoms with Crippen molar-refractivity contribution in [2.45, 2.75) is 32.3 Å². The number of nitriles is 1. The number of aryl methyl sites for hydroxylation is 1. The van der Waals surface area contributed by atoms with Gasteiger partial charge in [-0.3, -0.25) is 0 Å². The standard InChI is InChI=1S/C12H16N4O/c1-9-7-10(8-13)16-12(15-9)14-5-4-11-3-2-6-17-11/h7,11H,2-6H2,1H3,(H,14,15,16). The lowest BCUT2D eigenvalue weighted by molar-refractivity contribution is 0.107. The van der Waals surface area contributed by atoms with Crippen molar-refractivity contribution >= 4 is 5.95 Å². The first kappa shape index (κ1) is 11.8. The maximum atomic E-state index is 8.80. The molecule has 0 saturated carbocycles. The summed E-state index contributed by atoms with van der Waals surface area (Å²) < 4.78 is 5.53. The van der Waals surface area contributed by atoms with Gasteiger partial charge in [-0.2, -0.15) is 5.26 Å². The fraction of sp³-hybridized carbons (Fsp3) is 0.583. The van der Waals surface area contributed by atoms with E-state index in [1.165, 1.54) is 0 Å². The Labute approximate surface area is 101 Å². The molecule has 2 rings (SSSR count). The lowest BCUT2D eigenvalue weighted by Gasteiger charge is -2.10. The van der Waals surface area contributed by atoms with Crippen molar-refractivity contribution in [3.63, 3.8) is 0 Å². The van der Waals surface area contributed by atoms with E-state index in [4.69, 9.17) is 10.00 Å². The summed E-state index contributed by atoms with van der Waals surface area (Å²) in [4.78, 5) is 8.32. The molecule has 0 bridgehead atoms. The van der Waals surface area contributed by atoms with Gasteiger partial charge in [0.15, 0.2) is 0 Å². The molecule has 90 valence electrons. The van der Waals surface area contributed by atoms with Gasteiger partial charge in [-0.1, -0.05) is 0 Å². The van der Waals surface area contributed by atoms with E-state index in [2.05, 4.69) is 15.3 Å². The van der Waals surface area contributed by atoms with E-state index in [1.807, 2.05) is 13.0 Å². The van der Waals surface area contributed by atoms with Crippen molar-refractivity contribution in [3.8, 4) is 6.07 Å². The zero-order valence-corrected chi connectivity index (χ0v) is 9.94. The summed E-state index contributed by atoms with van der Waals surface area (Å²) in [5.74, 6) is 0.527. The fourth-order valence-corrected chi connectivity index (χ4v) is 1.92. The molecule has 0 aromatic carbocycles. The zero-order chi connectivity index (χ0) is 12.1. The predicted octanol–water partition coefficient (Wildman–Crippen LogP) is 1.64. The Hall–Kier alpha value is -1.67. The van der Waals surface area contributed by atoms with Gasteiger partial charge in [-0.25, -0.2) is 9.97 Å². The van der Waals surface area contributed by atoms with Crippen molar-refractivity contribution in [3.05, 3.63) is 17.5 Å². The molecule has 1 unspecified atom stereocenters. The van der Waals surface area contributed by atoms with E-state index in [0.717, 1.165) is 38.1 Å². The maximum absolute atomic E-state index is 8.80. The SMILES string of the molecule is Cc1cc(C#N)nc(NCCC2CCCO2)n1. The highest BCUT2D eigenvalue weighted by atomic mass is 16.5. The van der Waals surface area contributed by atoms with Gasteiger partial charge in [0, 0.05) is 18.8 Å². The minimum Gasteiger partial charge on any atom is -0.378 e. The molecule has 1 aromatic rings. The summed E-state index contributed by atoms with van der Waals surface area (Å²) in [5, 5.41) is 11.9. The van der Waals surface area contributed by atoms with Crippen LogP contribution in [0.15, 0.2) is 6.07 Å². The monoisotopic (exact) mass is 232 g/mol. The molecule has 1 fully saturated rings. The highest BCUT2D eigenvalue weighted by Gasteiger charge is 2.14. The topological polar surface area (TPSA) is 70.8 Å². The van der Waals surface area contributed by atoms with Gasteiger partial charge in [0.05, 0.1) is 6.10 Å². The molecule has 0 spiro atoms. The normalized spacial score (nSPS) is 18.9. The highest BCUT2D eigenvalue weighted by molar-refractivity contribution is 5.32. The molecule has 1 aromatic heterocycles. The van der Waals surface area contributed by atoms with Crippen LogP contribution in [0.1, 0.15) is 30.7 Å². The van der Waals surface area contributed by atoms with Gasteiger partial charge >= 0.3 is 0 Å². The number of anilines is 1. The molecule has 1 atom stereocenters. The first-order valence-electron chi connectivity index (χ1n) is 5.89. The number of nitrogens with zero attached hydrogens (tertiary/aromatic N) is 3. The quantitative estimate of drug-likeness (QED) is 0.854. The first-order chi connectivity index (χ1) is 8.28. The second-order valence-electron chi connectivity index (χ2n) is 4.18. The van der Waals surface area contributed by atoms with E-state index in [9.17, 15) is 0 Å². The molecule has 2 heterocycles. The van der Waals surface area contributed by atoms with Crippen molar-refractivity contribution < 1.29 is 4.74 Å². The molecule has 17 heavy (non-hydrogen) atoms. The molecule has 0 radical (unpaired) electrons. The van der Waals surface area contributed by atoms with Crippen LogP contribution in [-0.2, 0) is 4.74 Å². The Balaban J connectivity index is 1.85. The van der Waals surface area contributed by atoms with Crippen LogP contribution in [0.2, 0.25) is 0 Å². The number of hydrogen-bond acceptors (Lipinski definition) is 5. The summed E-state index contributed by atoms with van der Waals surface area (Å²) in [6.45, 7) is 3.51. The number of hydrogen-bond donors (Lipinski definition) is 1. The summed E-state index contributed by atoms with van der Waals surface area (Å²) in [5.41, 5.74) is 1.20. The average Bonchev–Trinajstić information content (AvgIpc) is 2.81. The largest absolute Gasteiger partial charge is 0.378 e. The molecule has 1 saturated heterocycles. The lowest BCUT2D eigenvalue weighted by Crippen LogP contribution is -2.14. The van der Waals surface area contributed by atoms with Crippen molar-refractivity contribution in [2.24, 2.45) is 0 Å². The Morgan fingerprint density at radius 1 is 1.59 bits per heavy atom. The fourth-order valence-electron chi connectivity index (χ4n) is 1.92. The van der Waals surface area contributed by atoms with Crippen LogP contribution < -0.4 is 5.32 Å². The number of rotatable bonds is 4. The summed E-state index contributed by atoms with van der Waals surface area (Å²) in [6.07, 6.45) is 3.62. The van der Waals surface area contributed by atoms with Gasteiger partial charge in [0.25, 0.3) is 0 Å². The molecule has 0 aliphatic carbocycles. The minimum atomic E-state index is 0.364. The Morgan fingerprint density at radius 3 is 3.18 bits per heavy atom. The van der Waals surface area contributed by atoms with Crippen LogP contribution in [0.4, 0.5) is 5.95 Å². The third-order valence-corrected chi connectivity index (χ3v) is 2.74.